The van der Waals surface area contributed by atoms with Gasteiger partial charge in [0.2, 0.25) is 0 Å². The van der Waals surface area contributed by atoms with Crippen molar-refractivity contribution >= 4 is 0 Å². The molecule has 0 saturated carbocycles. The molecular weight excluding hydrogens is 198 g/mol. The van der Waals surface area contributed by atoms with Gasteiger partial charge in [-0.2, -0.15) is 0 Å². The molecule has 1 aromatic carbocycles. The molecule has 1 unspecified atom stereocenters. The van der Waals surface area contributed by atoms with Crippen LogP contribution in [0.3, 0.4) is 0 Å². The largest absolute Gasteiger partial charge is 0.395 e. The molecule has 0 aliphatic heterocycles. The SMILES string of the molecule is CC[C@H](CO)NC(C)c1cc(C)ccc1C. The van der Waals surface area contributed by atoms with Crippen molar-refractivity contribution in [3.8, 4) is 0 Å². The van der Waals surface area contributed by atoms with Crippen LogP contribution in [0.2, 0.25) is 0 Å². The van der Waals surface area contributed by atoms with Gasteiger partial charge in [0.1, 0.15) is 0 Å². The van der Waals surface area contributed by atoms with E-state index in [9.17, 15) is 5.11 Å². The van der Waals surface area contributed by atoms with Gasteiger partial charge in [-0.15, -0.1) is 0 Å². The Labute approximate surface area is 98.7 Å². The van der Waals surface area contributed by atoms with Gasteiger partial charge < -0.3 is 10.4 Å². The standard InChI is InChI=1S/C14H23NO/c1-5-13(9-16)15-12(4)14-8-10(2)6-7-11(14)3/h6-8,12-13,15-16H,5,9H2,1-4H3/t12?,13-/m1/s1. The molecular formula is C14H23NO. The number of rotatable bonds is 5. The summed E-state index contributed by atoms with van der Waals surface area (Å²) in [6.07, 6.45) is 0.950. The van der Waals surface area contributed by atoms with Crippen molar-refractivity contribution < 1.29 is 5.11 Å². The van der Waals surface area contributed by atoms with E-state index in [0.717, 1.165) is 6.42 Å². The molecule has 2 atom stereocenters. The zero-order valence-corrected chi connectivity index (χ0v) is 10.7. The number of nitrogens with one attached hydrogen (secondary N) is 1. The lowest BCUT2D eigenvalue weighted by Gasteiger charge is -2.22. The van der Waals surface area contributed by atoms with Crippen LogP contribution in [-0.4, -0.2) is 17.8 Å². The molecule has 1 rings (SSSR count). The van der Waals surface area contributed by atoms with Gasteiger partial charge in [-0.05, 0) is 38.3 Å². The maximum Gasteiger partial charge on any atom is 0.0584 e. The summed E-state index contributed by atoms with van der Waals surface area (Å²) in [5, 5.41) is 12.6. The van der Waals surface area contributed by atoms with Crippen molar-refractivity contribution in [3.05, 3.63) is 34.9 Å². The number of aliphatic hydroxyl groups excluding tert-OH is 1. The minimum Gasteiger partial charge on any atom is -0.395 e. The van der Waals surface area contributed by atoms with E-state index in [1.807, 2.05) is 0 Å². The average Bonchev–Trinajstić information content (AvgIpc) is 2.28. The maximum atomic E-state index is 9.18. The Balaban J connectivity index is 2.79. The van der Waals surface area contributed by atoms with Crippen molar-refractivity contribution in [2.45, 2.75) is 46.2 Å². The highest BCUT2D eigenvalue weighted by atomic mass is 16.3. The summed E-state index contributed by atoms with van der Waals surface area (Å²) in [7, 11) is 0. The van der Waals surface area contributed by atoms with Gasteiger partial charge in [0.05, 0.1) is 6.61 Å². The second kappa shape index (κ2) is 6.02. The lowest BCUT2D eigenvalue weighted by atomic mass is 9.99. The highest BCUT2D eigenvalue weighted by molar-refractivity contribution is 5.32. The molecule has 0 aromatic heterocycles. The van der Waals surface area contributed by atoms with Crippen LogP contribution in [-0.2, 0) is 0 Å². The van der Waals surface area contributed by atoms with Gasteiger partial charge >= 0.3 is 0 Å². The Morgan fingerprint density at radius 3 is 2.56 bits per heavy atom. The van der Waals surface area contributed by atoms with E-state index in [1.54, 1.807) is 0 Å². The molecule has 90 valence electrons. The molecule has 2 nitrogen and oxygen atoms in total. The third-order valence-corrected chi connectivity index (χ3v) is 3.10. The highest BCUT2D eigenvalue weighted by Crippen LogP contribution is 2.19. The van der Waals surface area contributed by atoms with Crippen molar-refractivity contribution in [1.82, 2.24) is 5.32 Å². The van der Waals surface area contributed by atoms with Crippen LogP contribution in [0, 0.1) is 13.8 Å². The molecule has 0 aliphatic carbocycles. The Hall–Kier alpha value is -0.860. The Morgan fingerprint density at radius 1 is 1.31 bits per heavy atom. The van der Waals surface area contributed by atoms with Gasteiger partial charge in [0.25, 0.3) is 0 Å². The highest BCUT2D eigenvalue weighted by Gasteiger charge is 2.12. The molecule has 0 spiro atoms. The summed E-state index contributed by atoms with van der Waals surface area (Å²) in [5.74, 6) is 0. The third-order valence-electron chi connectivity index (χ3n) is 3.10. The van der Waals surface area contributed by atoms with Gasteiger partial charge in [-0.25, -0.2) is 0 Å². The topological polar surface area (TPSA) is 32.3 Å². The van der Waals surface area contributed by atoms with Gasteiger partial charge in [0.15, 0.2) is 0 Å². The summed E-state index contributed by atoms with van der Waals surface area (Å²) in [5.41, 5.74) is 3.91. The minimum atomic E-state index is 0.190. The van der Waals surface area contributed by atoms with E-state index < -0.39 is 0 Å². The van der Waals surface area contributed by atoms with E-state index in [-0.39, 0.29) is 18.7 Å². The van der Waals surface area contributed by atoms with Gasteiger partial charge in [-0.3, -0.25) is 0 Å². The normalized spacial score (nSPS) is 14.8. The number of benzene rings is 1. The van der Waals surface area contributed by atoms with Crippen molar-refractivity contribution in [2.75, 3.05) is 6.61 Å². The molecule has 2 heteroatoms. The van der Waals surface area contributed by atoms with Crippen molar-refractivity contribution in [2.24, 2.45) is 0 Å². The summed E-state index contributed by atoms with van der Waals surface area (Å²) in [6.45, 7) is 8.68. The molecule has 1 aromatic rings. The predicted octanol–water partition coefficient (Wildman–Crippen LogP) is 2.72. The number of hydrogen-bond donors (Lipinski definition) is 2. The molecule has 0 radical (unpaired) electrons. The molecule has 16 heavy (non-hydrogen) atoms. The zero-order chi connectivity index (χ0) is 12.1. The molecule has 0 aliphatic rings. The second-order valence-corrected chi connectivity index (χ2v) is 4.54. The van der Waals surface area contributed by atoms with E-state index >= 15 is 0 Å². The maximum absolute atomic E-state index is 9.18. The first kappa shape index (κ1) is 13.2. The monoisotopic (exact) mass is 221 g/mol. The summed E-state index contributed by atoms with van der Waals surface area (Å²) in [6, 6.07) is 6.99. The van der Waals surface area contributed by atoms with Gasteiger partial charge in [-0.1, -0.05) is 30.7 Å². The van der Waals surface area contributed by atoms with E-state index in [0.29, 0.717) is 0 Å². The van der Waals surface area contributed by atoms with E-state index in [4.69, 9.17) is 0 Å². The first-order chi connectivity index (χ1) is 7.58. The van der Waals surface area contributed by atoms with Gasteiger partial charge in [0, 0.05) is 12.1 Å². The lowest BCUT2D eigenvalue weighted by molar-refractivity contribution is 0.230. The number of aliphatic hydroxyl groups is 1. The van der Waals surface area contributed by atoms with Crippen LogP contribution in [0.1, 0.15) is 43.0 Å². The quantitative estimate of drug-likeness (QED) is 0.801. The fraction of sp³-hybridized carbons (Fsp3) is 0.571. The first-order valence-electron chi connectivity index (χ1n) is 6.02. The summed E-state index contributed by atoms with van der Waals surface area (Å²) in [4.78, 5) is 0. The first-order valence-corrected chi connectivity index (χ1v) is 6.02. The molecule has 0 amide bonds. The predicted molar refractivity (Wildman–Crippen MR) is 68.6 cm³/mol. The Kier molecular flexibility index (Phi) is 4.97. The van der Waals surface area contributed by atoms with Crippen molar-refractivity contribution in [1.29, 1.82) is 0 Å². The summed E-state index contributed by atoms with van der Waals surface area (Å²) < 4.78 is 0. The minimum absolute atomic E-state index is 0.190. The molecule has 0 bridgehead atoms. The molecule has 0 saturated heterocycles. The van der Waals surface area contributed by atoms with E-state index in [2.05, 4.69) is 51.2 Å². The van der Waals surface area contributed by atoms with Crippen LogP contribution >= 0.6 is 0 Å². The van der Waals surface area contributed by atoms with E-state index in [1.165, 1.54) is 16.7 Å². The summed E-state index contributed by atoms with van der Waals surface area (Å²) >= 11 is 0. The number of aryl methyl sites for hydroxylation is 2. The van der Waals surface area contributed by atoms with Crippen LogP contribution in [0.4, 0.5) is 0 Å². The Morgan fingerprint density at radius 2 is 2.00 bits per heavy atom. The van der Waals surface area contributed by atoms with Crippen LogP contribution in [0.5, 0.6) is 0 Å². The zero-order valence-electron chi connectivity index (χ0n) is 10.7. The molecule has 0 heterocycles. The fourth-order valence-corrected chi connectivity index (χ4v) is 1.97. The second-order valence-electron chi connectivity index (χ2n) is 4.54. The smallest absolute Gasteiger partial charge is 0.0584 e. The molecule has 0 fully saturated rings. The molecule has 2 N–H and O–H groups in total. The lowest BCUT2D eigenvalue weighted by Crippen LogP contribution is -2.34. The van der Waals surface area contributed by atoms with Crippen molar-refractivity contribution in [3.63, 3.8) is 0 Å². The number of hydrogen-bond acceptors (Lipinski definition) is 2. The Bertz CT molecular complexity index is 332. The average molecular weight is 221 g/mol. The van der Waals surface area contributed by atoms with Crippen LogP contribution in [0.15, 0.2) is 18.2 Å². The van der Waals surface area contributed by atoms with Crippen LogP contribution in [0.25, 0.3) is 0 Å². The fourth-order valence-electron chi connectivity index (χ4n) is 1.97. The van der Waals surface area contributed by atoms with Crippen LogP contribution < -0.4 is 5.32 Å². The third kappa shape index (κ3) is 3.32.